The number of carbonyl (C=O) groups is 2. The van der Waals surface area contributed by atoms with Gasteiger partial charge in [0, 0.05) is 5.56 Å². The second-order valence-corrected chi connectivity index (χ2v) is 8.99. The summed E-state index contributed by atoms with van der Waals surface area (Å²) in [6.45, 7) is 7.48. The number of nitrogens with two attached hydrogens (primary N) is 1. The van der Waals surface area contributed by atoms with E-state index in [9.17, 15) is 22.4 Å². The van der Waals surface area contributed by atoms with E-state index in [1.807, 2.05) is 32.9 Å². The van der Waals surface area contributed by atoms with E-state index in [2.05, 4.69) is 0 Å². The SMILES string of the molecule is C[C@H](OC(=O)c1cc(S(N)(=O)=O)ccc1F)C(=O)c1ccc(C(C)(C)C)cc1. The average Bonchev–Trinajstić information content (AvgIpc) is 2.59. The molecule has 2 rings (SSSR count). The number of ketones is 1. The lowest BCUT2D eigenvalue weighted by Gasteiger charge is -2.19. The highest BCUT2D eigenvalue weighted by Crippen LogP contribution is 2.23. The Morgan fingerprint density at radius 2 is 1.64 bits per heavy atom. The van der Waals surface area contributed by atoms with Crippen LogP contribution in [0.1, 0.15) is 54.0 Å². The molecule has 0 bridgehead atoms. The van der Waals surface area contributed by atoms with Gasteiger partial charge in [-0.05, 0) is 36.1 Å². The van der Waals surface area contributed by atoms with Crippen LogP contribution < -0.4 is 5.14 Å². The monoisotopic (exact) mass is 407 g/mol. The van der Waals surface area contributed by atoms with Crippen LogP contribution in [0.3, 0.4) is 0 Å². The van der Waals surface area contributed by atoms with Gasteiger partial charge in [-0.15, -0.1) is 0 Å². The first-order valence-corrected chi connectivity index (χ1v) is 10.0. The molecule has 0 aromatic heterocycles. The number of benzene rings is 2. The predicted molar refractivity (Wildman–Crippen MR) is 102 cm³/mol. The van der Waals surface area contributed by atoms with Gasteiger partial charge in [0.05, 0.1) is 10.5 Å². The van der Waals surface area contributed by atoms with E-state index >= 15 is 0 Å². The minimum absolute atomic E-state index is 0.0778. The molecular formula is C20H22FNO5S. The number of rotatable bonds is 5. The second kappa shape index (κ2) is 7.81. The van der Waals surface area contributed by atoms with Crippen LogP contribution in [0, 0.1) is 5.82 Å². The molecule has 0 aliphatic heterocycles. The Morgan fingerprint density at radius 3 is 2.14 bits per heavy atom. The molecular weight excluding hydrogens is 385 g/mol. The molecule has 0 radical (unpaired) electrons. The Labute approximate surface area is 163 Å². The number of hydrogen-bond acceptors (Lipinski definition) is 5. The van der Waals surface area contributed by atoms with Gasteiger partial charge >= 0.3 is 5.97 Å². The van der Waals surface area contributed by atoms with E-state index in [-0.39, 0.29) is 5.41 Å². The lowest BCUT2D eigenvalue weighted by molar-refractivity contribution is 0.0314. The van der Waals surface area contributed by atoms with Crippen LogP contribution in [0.15, 0.2) is 47.4 Å². The maximum Gasteiger partial charge on any atom is 0.341 e. The zero-order valence-electron chi connectivity index (χ0n) is 16.0. The Balaban J connectivity index is 2.19. The predicted octanol–water partition coefficient (Wildman–Crippen LogP) is 3.20. The fourth-order valence-corrected chi connectivity index (χ4v) is 3.02. The normalized spacial score (nSPS) is 13.1. The van der Waals surface area contributed by atoms with Crippen molar-refractivity contribution in [3.8, 4) is 0 Å². The Hall–Kier alpha value is -2.58. The van der Waals surface area contributed by atoms with E-state index < -0.39 is 44.2 Å². The molecule has 0 aliphatic carbocycles. The maximum absolute atomic E-state index is 13.9. The summed E-state index contributed by atoms with van der Waals surface area (Å²) in [6.07, 6.45) is -1.19. The molecule has 0 amide bonds. The summed E-state index contributed by atoms with van der Waals surface area (Å²) in [5, 5.41) is 4.99. The molecule has 0 heterocycles. The van der Waals surface area contributed by atoms with Crippen molar-refractivity contribution in [2.24, 2.45) is 5.14 Å². The first-order chi connectivity index (χ1) is 12.8. The smallest absolute Gasteiger partial charge is 0.341 e. The molecule has 2 aromatic carbocycles. The van der Waals surface area contributed by atoms with Crippen molar-refractivity contribution < 1.29 is 27.1 Å². The van der Waals surface area contributed by atoms with Crippen LogP contribution in [0.5, 0.6) is 0 Å². The zero-order valence-corrected chi connectivity index (χ0v) is 16.8. The lowest BCUT2D eigenvalue weighted by Crippen LogP contribution is -2.25. The highest BCUT2D eigenvalue weighted by Gasteiger charge is 2.24. The molecule has 2 aromatic rings. The maximum atomic E-state index is 13.9. The van der Waals surface area contributed by atoms with Crippen LogP contribution in [0.25, 0.3) is 0 Å². The number of halogens is 1. The number of sulfonamides is 1. The van der Waals surface area contributed by atoms with Gasteiger partial charge < -0.3 is 4.74 Å². The Morgan fingerprint density at radius 1 is 1.07 bits per heavy atom. The lowest BCUT2D eigenvalue weighted by atomic mass is 9.86. The molecule has 0 unspecified atom stereocenters. The first kappa shape index (κ1) is 21.7. The molecule has 150 valence electrons. The van der Waals surface area contributed by atoms with Gasteiger partial charge in [-0.2, -0.15) is 0 Å². The highest BCUT2D eigenvalue weighted by atomic mass is 32.2. The molecule has 0 spiro atoms. The van der Waals surface area contributed by atoms with Gasteiger partial charge in [-0.3, -0.25) is 4.79 Å². The summed E-state index contributed by atoms with van der Waals surface area (Å²) in [7, 11) is -4.12. The first-order valence-electron chi connectivity index (χ1n) is 8.49. The third kappa shape index (κ3) is 5.02. The van der Waals surface area contributed by atoms with Crippen molar-refractivity contribution in [1.82, 2.24) is 0 Å². The van der Waals surface area contributed by atoms with Crippen LogP contribution in [0.2, 0.25) is 0 Å². The standard InChI is InChI=1S/C20H22FNO5S/c1-12(18(23)13-5-7-14(8-6-13)20(2,3)4)27-19(24)16-11-15(28(22,25)26)9-10-17(16)21/h5-12H,1-4H3,(H2,22,25,26)/t12-/m0/s1. The van der Waals surface area contributed by atoms with Crippen LogP contribution >= 0.6 is 0 Å². The molecule has 0 aliphatic rings. The van der Waals surface area contributed by atoms with Crippen molar-refractivity contribution in [2.45, 2.75) is 44.1 Å². The van der Waals surface area contributed by atoms with E-state index in [1.54, 1.807) is 12.1 Å². The van der Waals surface area contributed by atoms with Gasteiger partial charge in [0.25, 0.3) is 0 Å². The van der Waals surface area contributed by atoms with Crippen molar-refractivity contribution in [1.29, 1.82) is 0 Å². The minimum Gasteiger partial charge on any atom is -0.451 e. The summed E-state index contributed by atoms with van der Waals surface area (Å²) < 4.78 is 41.7. The molecule has 1 atom stereocenters. The fourth-order valence-electron chi connectivity index (χ4n) is 2.48. The second-order valence-electron chi connectivity index (χ2n) is 7.43. The number of carbonyl (C=O) groups excluding carboxylic acids is 2. The van der Waals surface area contributed by atoms with Gasteiger partial charge in [0.15, 0.2) is 6.10 Å². The molecule has 2 N–H and O–H groups in total. The van der Waals surface area contributed by atoms with E-state index in [0.717, 1.165) is 23.8 Å². The topological polar surface area (TPSA) is 104 Å². The van der Waals surface area contributed by atoms with Gasteiger partial charge in [-0.25, -0.2) is 22.7 Å². The Kier molecular flexibility index (Phi) is 6.06. The molecule has 0 saturated carbocycles. The van der Waals surface area contributed by atoms with Gasteiger partial charge in [0.2, 0.25) is 15.8 Å². The summed E-state index contributed by atoms with van der Waals surface area (Å²) in [4.78, 5) is 24.3. The van der Waals surface area contributed by atoms with Crippen molar-refractivity contribution in [3.05, 3.63) is 65.0 Å². The van der Waals surface area contributed by atoms with Gasteiger partial charge in [0.1, 0.15) is 5.82 Å². The Bertz CT molecular complexity index is 1010. The molecule has 0 fully saturated rings. The highest BCUT2D eigenvalue weighted by molar-refractivity contribution is 7.89. The quantitative estimate of drug-likeness (QED) is 0.605. The van der Waals surface area contributed by atoms with Gasteiger partial charge in [-0.1, -0.05) is 45.0 Å². The number of esters is 1. The fraction of sp³-hybridized carbons (Fsp3) is 0.300. The van der Waals surface area contributed by atoms with Crippen molar-refractivity contribution >= 4 is 21.8 Å². The number of primary sulfonamides is 1. The summed E-state index contributed by atoms with van der Waals surface area (Å²) in [5.41, 5.74) is 0.683. The van der Waals surface area contributed by atoms with E-state index in [1.165, 1.54) is 6.92 Å². The molecule has 28 heavy (non-hydrogen) atoms. The van der Waals surface area contributed by atoms with E-state index in [0.29, 0.717) is 5.56 Å². The third-order valence-corrected chi connectivity index (χ3v) is 5.09. The minimum atomic E-state index is -4.12. The van der Waals surface area contributed by atoms with Crippen molar-refractivity contribution in [2.75, 3.05) is 0 Å². The average molecular weight is 407 g/mol. The summed E-state index contributed by atoms with van der Waals surface area (Å²) in [6, 6.07) is 9.42. The number of ether oxygens (including phenoxy) is 1. The third-order valence-electron chi connectivity index (χ3n) is 4.17. The largest absolute Gasteiger partial charge is 0.451 e. The van der Waals surface area contributed by atoms with Crippen LogP contribution in [-0.2, 0) is 20.2 Å². The zero-order chi connectivity index (χ0) is 21.3. The molecule has 8 heteroatoms. The summed E-state index contributed by atoms with van der Waals surface area (Å²) in [5.74, 6) is -2.60. The molecule has 0 saturated heterocycles. The van der Waals surface area contributed by atoms with Crippen LogP contribution in [0.4, 0.5) is 4.39 Å². The van der Waals surface area contributed by atoms with Crippen molar-refractivity contribution in [3.63, 3.8) is 0 Å². The summed E-state index contributed by atoms with van der Waals surface area (Å²) >= 11 is 0. The number of hydrogen-bond donors (Lipinski definition) is 1. The molecule has 6 nitrogen and oxygen atoms in total. The van der Waals surface area contributed by atoms with Crippen LogP contribution in [-0.4, -0.2) is 26.3 Å². The number of Topliss-reactive ketones (excluding diaryl/α,β-unsaturated/α-hetero) is 1. The van der Waals surface area contributed by atoms with E-state index in [4.69, 9.17) is 9.88 Å².